The number of nitrogens with zero attached hydrogens (tertiary/aromatic N) is 1. The Labute approximate surface area is 108 Å². The lowest BCUT2D eigenvalue weighted by molar-refractivity contribution is 0.0700. The maximum absolute atomic E-state index is 12.4. The normalized spacial score (nSPS) is 16.6. The number of nitrogens with one attached hydrogen (secondary N) is 1. The molecule has 18 heavy (non-hydrogen) atoms. The molecule has 0 unspecified atom stereocenters. The van der Waals surface area contributed by atoms with E-state index in [1.165, 1.54) is 0 Å². The number of aryl methyl sites for hydroxylation is 1. The molecule has 4 nitrogen and oxygen atoms in total. The Morgan fingerprint density at radius 2 is 2.06 bits per heavy atom. The minimum absolute atomic E-state index is 0.0615. The molecule has 1 saturated heterocycles. The summed E-state index contributed by atoms with van der Waals surface area (Å²) in [6.07, 6.45) is 1.93. The predicted octanol–water partition coefficient (Wildman–Crippen LogP) is 1.52. The zero-order valence-electron chi connectivity index (χ0n) is 10.9. The number of phenols is 1. The summed E-state index contributed by atoms with van der Waals surface area (Å²) in [5.41, 5.74) is 1.38. The fraction of sp³-hybridized carbons (Fsp3) is 0.500. The van der Waals surface area contributed by atoms with Crippen LogP contribution in [-0.2, 0) is 0 Å². The highest BCUT2D eigenvalue weighted by Crippen LogP contribution is 2.22. The average Bonchev–Trinajstić information content (AvgIpc) is 2.41. The van der Waals surface area contributed by atoms with Gasteiger partial charge in [0.2, 0.25) is 0 Å². The van der Waals surface area contributed by atoms with E-state index in [1.807, 2.05) is 14.0 Å². The Bertz CT molecular complexity index is 439. The van der Waals surface area contributed by atoms with Gasteiger partial charge >= 0.3 is 0 Å². The van der Waals surface area contributed by atoms with E-state index in [2.05, 4.69) is 5.32 Å². The third kappa shape index (κ3) is 2.64. The molecule has 1 fully saturated rings. The van der Waals surface area contributed by atoms with Gasteiger partial charge in [-0.2, -0.15) is 0 Å². The van der Waals surface area contributed by atoms with Crippen LogP contribution in [0.25, 0.3) is 0 Å². The minimum atomic E-state index is -0.0944. The number of hydrogen-bond acceptors (Lipinski definition) is 3. The minimum Gasteiger partial charge on any atom is -0.507 e. The lowest BCUT2D eigenvalue weighted by Crippen LogP contribution is -2.44. The number of piperidine rings is 1. The molecule has 1 aromatic carbocycles. The molecule has 1 aliphatic rings. The average molecular weight is 248 g/mol. The van der Waals surface area contributed by atoms with Crippen LogP contribution in [0.1, 0.15) is 28.8 Å². The fourth-order valence-corrected chi connectivity index (χ4v) is 2.37. The van der Waals surface area contributed by atoms with Crippen molar-refractivity contribution in [1.82, 2.24) is 10.2 Å². The van der Waals surface area contributed by atoms with Crippen LogP contribution in [0.5, 0.6) is 5.75 Å². The second-order valence-electron chi connectivity index (χ2n) is 4.92. The van der Waals surface area contributed by atoms with Gasteiger partial charge in [-0.3, -0.25) is 4.79 Å². The largest absolute Gasteiger partial charge is 0.507 e. The molecule has 1 amide bonds. The molecule has 0 saturated carbocycles. The molecule has 0 aliphatic carbocycles. The first-order chi connectivity index (χ1) is 8.59. The number of rotatable bonds is 2. The third-order valence-electron chi connectivity index (χ3n) is 3.56. The van der Waals surface area contributed by atoms with E-state index in [9.17, 15) is 9.90 Å². The standard InChI is InChI=1S/C14H20N2O2/c1-10-3-4-13(17)12(9-10)14(18)16(2)11-5-7-15-8-6-11/h3-4,9,11,15,17H,5-8H2,1-2H3. The van der Waals surface area contributed by atoms with E-state index in [4.69, 9.17) is 0 Å². The Balaban J connectivity index is 2.16. The number of carbonyl (C=O) groups excluding carboxylic acids is 1. The molecule has 0 bridgehead atoms. The van der Waals surface area contributed by atoms with Crippen molar-refractivity contribution in [1.29, 1.82) is 0 Å². The third-order valence-corrected chi connectivity index (χ3v) is 3.56. The van der Waals surface area contributed by atoms with Gasteiger partial charge < -0.3 is 15.3 Å². The van der Waals surface area contributed by atoms with Gasteiger partial charge in [0, 0.05) is 13.1 Å². The van der Waals surface area contributed by atoms with Gasteiger partial charge in [-0.05, 0) is 45.0 Å². The molecule has 2 N–H and O–H groups in total. The monoisotopic (exact) mass is 248 g/mol. The Morgan fingerprint density at radius 3 is 2.72 bits per heavy atom. The first-order valence-electron chi connectivity index (χ1n) is 6.37. The molecule has 0 atom stereocenters. The van der Waals surface area contributed by atoms with Crippen molar-refractivity contribution in [2.45, 2.75) is 25.8 Å². The number of benzene rings is 1. The summed E-state index contributed by atoms with van der Waals surface area (Å²) in [6.45, 7) is 3.81. The zero-order chi connectivity index (χ0) is 13.1. The van der Waals surface area contributed by atoms with Gasteiger partial charge in [-0.1, -0.05) is 11.6 Å². The quantitative estimate of drug-likeness (QED) is 0.834. The van der Waals surface area contributed by atoms with Crippen molar-refractivity contribution in [2.24, 2.45) is 0 Å². The SMILES string of the molecule is Cc1ccc(O)c(C(=O)N(C)C2CCNCC2)c1. The molecule has 98 valence electrons. The Hall–Kier alpha value is -1.55. The van der Waals surface area contributed by atoms with Crippen LogP contribution in [0.4, 0.5) is 0 Å². The molecule has 0 spiro atoms. The summed E-state index contributed by atoms with van der Waals surface area (Å²) in [7, 11) is 1.82. The van der Waals surface area contributed by atoms with Crippen LogP contribution >= 0.6 is 0 Å². The summed E-state index contributed by atoms with van der Waals surface area (Å²) >= 11 is 0. The highest BCUT2D eigenvalue weighted by atomic mass is 16.3. The first kappa shape index (κ1) is 12.9. The smallest absolute Gasteiger partial charge is 0.257 e. The molecular weight excluding hydrogens is 228 g/mol. The summed E-state index contributed by atoms with van der Waals surface area (Å²) in [6, 6.07) is 5.39. The topological polar surface area (TPSA) is 52.6 Å². The van der Waals surface area contributed by atoms with Gasteiger partial charge in [-0.25, -0.2) is 0 Å². The van der Waals surface area contributed by atoms with Crippen molar-refractivity contribution in [3.63, 3.8) is 0 Å². The molecular formula is C14H20N2O2. The van der Waals surface area contributed by atoms with Crippen molar-refractivity contribution in [3.05, 3.63) is 29.3 Å². The van der Waals surface area contributed by atoms with E-state index in [1.54, 1.807) is 23.1 Å². The summed E-state index contributed by atoms with van der Waals surface area (Å²) < 4.78 is 0. The summed E-state index contributed by atoms with van der Waals surface area (Å²) in [5, 5.41) is 13.1. The van der Waals surface area contributed by atoms with E-state index < -0.39 is 0 Å². The number of hydrogen-bond donors (Lipinski definition) is 2. The number of amides is 1. The maximum Gasteiger partial charge on any atom is 0.257 e. The van der Waals surface area contributed by atoms with Crippen LogP contribution in [-0.4, -0.2) is 42.1 Å². The van der Waals surface area contributed by atoms with Crippen molar-refractivity contribution < 1.29 is 9.90 Å². The second-order valence-corrected chi connectivity index (χ2v) is 4.92. The van der Waals surface area contributed by atoms with Gasteiger partial charge in [0.05, 0.1) is 5.56 Å². The lowest BCUT2D eigenvalue weighted by Gasteiger charge is -2.31. The Morgan fingerprint density at radius 1 is 1.39 bits per heavy atom. The molecule has 1 aromatic rings. The highest BCUT2D eigenvalue weighted by Gasteiger charge is 2.24. The number of aromatic hydroxyl groups is 1. The number of phenolic OH excluding ortho intramolecular Hbond substituents is 1. The molecule has 0 aromatic heterocycles. The fourth-order valence-electron chi connectivity index (χ4n) is 2.37. The van der Waals surface area contributed by atoms with Crippen LogP contribution in [0.2, 0.25) is 0 Å². The van der Waals surface area contributed by atoms with Crippen LogP contribution < -0.4 is 5.32 Å². The van der Waals surface area contributed by atoms with Gasteiger partial charge in [0.1, 0.15) is 5.75 Å². The molecule has 1 aliphatic heterocycles. The molecule has 4 heteroatoms. The second kappa shape index (κ2) is 5.40. The number of carbonyl (C=O) groups is 1. The molecule has 2 rings (SSSR count). The van der Waals surface area contributed by atoms with E-state index in [0.717, 1.165) is 31.5 Å². The van der Waals surface area contributed by atoms with Crippen LogP contribution in [0.3, 0.4) is 0 Å². The van der Waals surface area contributed by atoms with Crippen LogP contribution in [0.15, 0.2) is 18.2 Å². The van der Waals surface area contributed by atoms with Gasteiger partial charge in [0.25, 0.3) is 5.91 Å². The van der Waals surface area contributed by atoms with Gasteiger partial charge in [0.15, 0.2) is 0 Å². The van der Waals surface area contributed by atoms with Gasteiger partial charge in [-0.15, -0.1) is 0 Å². The predicted molar refractivity (Wildman–Crippen MR) is 70.8 cm³/mol. The van der Waals surface area contributed by atoms with E-state index >= 15 is 0 Å². The Kier molecular flexibility index (Phi) is 3.87. The van der Waals surface area contributed by atoms with E-state index in [0.29, 0.717) is 5.56 Å². The lowest BCUT2D eigenvalue weighted by atomic mass is 10.0. The molecule has 0 radical (unpaired) electrons. The summed E-state index contributed by atoms with van der Waals surface area (Å²) in [4.78, 5) is 14.1. The van der Waals surface area contributed by atoms with Crippen molar-refractivity contribution in [2.75, 3.05) is 20.1 Å². The summed E-state index contributed by atoms with van der Waals surface area (Å²) in [5.74, 6) is -0.0329. The van der Waals surface area contributed by atoms with Crippen LogP contribution in [0, 0.1) is 6.92 Å². The van der Waals surface area contributed by atoms with E-state index in [-0.39, 0.29) is 17.7 Å². The molecule has 1 heterocycles. The highest BCUT2D eigenvalue weighted by molar-refractivity contribution is 5.97. The zero-order valence-corrected chi connectivity index (χ0v) is 10.9. The van der Waals surface area contributed by atoms with Crippen molar-refractivity contribution >= 4 is 5.91 Å². The van der Waals surface area contributed by atoms with Crippen molar-refractivity contribution in [3.8, 4) is 5.75 Å². The first-order valence-corrected chi connectivity index (χ1v) is 6.37. The maximum atomic E-state index is 12.4.